The number of nitrogens with one attached hydrogen (secondary N) is 1. The van der Waals surface area contributed by atoms with Gasteiger partial charge in [0.15, 0.2) is 5.13 Å². The lowest BCUT2D eigenvalue weighted by Crippen LogP contribution is -2.43. The number of aromatic nitrogens is 1. The number of carbonyl (C=O) groups is 2. The Morgan fingerprint density at radius 3 is 2.35 bits per heavy atom. The summed E-state index contributed by atoms with van der Waals surface area (Å²) in [5.74, 6) is -0.922. The number of hydrogen-bond donors (Lipinski definition) is 1. The quantitative estimate of drug-likeness (QED) is 0.512. The SMILES string of the molecule is CCOC(=O)Cc1csc(NC(=O)C(C)(c2ccc(S(=O)(=O)C(F)(F)F)cc2)C2CCCC2)n1. The van der Waals surface area contributed by atoms with Crippen molar-refractivity contribution in [2.24, 2.45) is 5.92 Å². The number of alkyl halides is 3. The number of halogens is 3. The van der Waals surface area contributed by atoms with Crippen LogP contribution in [-0.2, 0) is 36.0 Å². The largest absolute Gasteiger partial charge is 0.501 e. The second kappa shape index (κ2) is 10.0. The van der Waals surface area contributed by atoms with E-state index >= 15 is 0 Å². The smallest absolute Gasteiger partial charge is 0.466 e. The molecule has 0 radical (unpaired) electrons. The summed E-state index contributed by atoms with van der Waals surface area (Å²) in [6, 6.07) is 4.31. The highest BCUT2D eigenvalue weighted by atomic mass is 32.2. The molecule has 0 spiro atoms. The molecule has 1 saturated carbocycles. The molecule has 0 bridgehead atoms. The van der Waals surface area contributed by atoms with Crippen molar-refractivity contribution in [2.45, 2.75) is 61.8 Å². The molecule has 1 fully saturated rings. The van der Waals surface area contributed by atoms with Crippen LogP contribution in [0.5, 0.6) is 0 Å². The molecule has 12 heteroatoms. The molecule has 2 aromatic rings. The lowest BCUT2D eigenvalue weighted by atomic mass is 9.70. The molecule has 34 heavy (non-hydrogen) atoms. The Labute approximate surface area is 199 Å². The normalized spacial score (nSPS) is 16.7. The number of nitrogens with zero attached hydrogens (tertiary/aromatic N) is 1. The third-order valence-corrected chi connectivity index (χ3v) is 8.42. The van der Waals surface area contributed by atoms with E-state index in [2.05, 4.69) is 10.3 Å². The molecule has 1 heterocycles. The maximum Gasteiger partial charge on any atom is 0.501 e. The van der Waals surface area contributed by atoms with Gasteiger partial charge in [-0.15, -0.1) is 11.3 Å². The maximum atomic E-state index is 13.5. The van der Waals surface area contributed by atoms with Gasteiger partial charge in [0.25, 0.3) is 9.84 Å². The van der Waals surface area contributed by atoms with Gasteiger partial charge in [-0.05, 0) is 50.3 Å². The van der Waals surface area contributed by atoms with Crippen LogP contribution in [0.4, 0.5) is 18.3 Å². The van der Waals surface area contributed by atoms with Crippen molar-refractivity contribution in [2.75, 3.05) is 11.9 Å². The Hall–Kier alpha value is -2.47. The monoisotopic (exact) mass is 518 g/mol. The topological polar surface area (TPSA) is 102 Å². The molecule has 3 rings (SSSR count). The van der Waals surface area contributed by atoms with Gasteiger partial charge in [0.05, 0.1) is 29.0 Å². The number of rotatable bonds is 8. The van der Waals surface area contributed by atoms with E-state index in [1.165, 1.54) is 12.1 Å². The van der Waals surface area contributed by atoms with Gasteiger partial charge in [0.2, 0.25) is 5.91 Å². The van der Waals surface area contributed by atoms with Crippen molar-refractivity contribution >= 4 is 38.2 Å². The van der Waals surface area contributed by atoms with Crippen LogP contribution in [0.1, 0.15) is 50.8 Å². The van der Waals surface area contributed by atoms with E-state index in [0.717, 1.165) is 49.2 Å². The summed E-state index contributed by atoms with van der Waals surface area (Å²) in [6.45, 7) is 3.65. The average molecular weight is 519 g/mol. The number of thiazole rings is 1. The van der Waals surface area contributed by atoms with Gasteiger partial charge in [-0.3, -0.25) is 9.59 Å². The number of hydrogen-bond acceptors (Lipinski definition) is 7. The van der Waals surface area contributed by atoms with Crippen molar-refractivity contribution in [1.82, 2.24) is 4.98 Å². The fourth-order valence-corrected chi connectivity index (χ4v) is 5.67. The highest BCUT2D eigenvalue weighted by molar-refractivity contribution is 7.92. The lowest BCUT2D eigenvalue weighted by molar-refractivity contribution is -0.142. The van der Waals surface area contributed by atoms with Crippen molar-refractivity contribution in [3.63, 3.8) is 0 Å². The first kappa shape index (κ1) is 26.1. The van der Waals surface area contributed by atoms with Gasteiger partial charge < -0.3 is 10.1 Å². The zero-order valence-electron chi connectivity index (χ0n) is 18.6. The molecule has 1 atom stereocenters. The van der Waals surface area contributed by atoms with Crippen LogP contribution < -0.4 is 5.32 Å². The highest BCUT2D eigenvalue weighted by Crippen LogP contribution is 2.43. The molecule has 1 amide bonds. The predicted octanol–water partition coefficient (Wildman–Crippen LogP) is 4.63. The Kier molecular flexibility index (Phi) is 7.71. The van der Waals surface area contributed by atoms with Gasteiger partial charge in [-0.1, -0.05) is 25.0 Å². The van der Waals surface area contributed by atoms with E-state index in [-0.39, 0.29) is 24.1 Å². The molecule has 1 aromatic carbocycles. The Morgan fingerprint density at radius 1 is 1.18 bits per heavy atom. The van der Waals surface area contributed by atoms with E-state index in [1.807, 2.05) is 0 Å². The molecule has 1 unspecified atom stereocenters. The Morgan fingerprint density at radius 2 is 1.79 bits per heavy atom. The molecule has 1 aliphatic rings. The first-order valence-corrected chi connectivity index (χ1v) is 13.1. The van der Waals surface area contributed by atoms with E-state index in [4.69, 9.17) is 4.74 Å². The second-order valence-corrected chi connectivity index (χ2v) is 11.0. The van der Waals surface area contributed by atoms with Crippen molar-refractivity contribution < 1.29 is 35.9 Å². The van der Waals surface area contributed by atoms with Crippen LogP contribution in [0.25, 0.3) is 0 Å². The predicted molar refractivity (Wildman–Crippen MR) is 120 cm³/mol. The van der Waals surface area contributed by atoms with Gasteiger partial charge in [0, 0.05) is 5.38 Å². The molecule has 1 aliphatic carbocycles. The minimum absolute atomic E-state index is 0.0325. The number of ether oxygens (including phenoxy) is 1. The first-order valence-electron chi connectivity index (χ1n) is 10.7. The van der Waals surface area contributed by atoms with E-state index in [0.29, 0.717) is 11.3 Å². The second-order valence-electron chi connectivity index (χ2n) is 8.24. The van der Waals surface area contributed by atoms with Crippen molar-refractivity contribution in [3.05, 3.63) is 40.9 Å². The molecule has 7 nitrogen and oxygen atoms in total. The first-order chi connectivity index (χ1) is 15.9. The Balaban J connectivity index is 1.87. The van der Waals surface area contributed by atoms with Crippen LogP contribution in [0, 0.1) is 5.92 Å². The van der Waals surface area contributed by atoms with Crippen molar-refractivity contribution in [1.29, 1.82) is 0 Å². The van der Waals surface area contributed by atoms with Crippen LogP contribution in [0.15, 0.2) is 34.5 Å². The fourth-order valence-electron chi connectivity index (χ4n) is 4.20. The summed E-state index contributed by atoms with van der Waals surface area (Å²) in [5.41, 5.74) is -5.67. The minimum Gasteiger partial charge on any atom is -0.466 e. The molecule has 0 aliphatic heterocycles. The zero-order valence-corrected chi connectivity index (χ0v) is 20.3. The summed E-state index contributed by atoms with van der Waals surface area (Å²) < 4.78 is 67.1. The summed E-state index contributed by atoms with van der Waals surface area (Å²) in [5, 5.41) is 4.69. The van der Waals surface area contributed by atoms with Crippen LogP contribution in [0.3, 0.4) is 0 Å². The van der Waals surface area contributed by atoms with Crippen LogP contribution in [0.2, 0.25) is 0 Å². The number of carbonyl (C=O) groups excluding carboxylic acids is 2. The number of amides is 1. The molecular formula is C22H25F3N2O5S2. The average Bonchev–Trinajstić information content (AvgIpc) is 3.45. The molecule has 1 aromatic heterocycles. The van der Waals surface area contributed by atoms with Gasteiger partial charge in [0.1, 0.15) is 0 Å². The number of sulfone groups is 1. The Bertz CT molecular complexity index is 1140. The summed E-state index contributed by atoms with van der Waals surface area (Å²) in [6.07, 6.45) is 3.29. The minimum atomic E-state index is -5.48. The van der Waals surface area contributed by atoms with E-state index in [1.54, 1.807) is 19.2 Å². The standard InChI is InChI=1S/C22H25F3N2O5S2/c1-3-32-18(28)12-16-13-33-20(26-16)27-19(29)21(2,14-6-4-5-7-14)15-8-10-17(11-9-15)34(30,31)22(23,24)25/h8-11,13-14H,3-7,12H2,1-2H3,(H,26,27,29). The third-order valence-electron chi connectivity index (χ3n) is 6.12. The van der Waals surface area contributed by atoms with Crippen molar-refractivity contribution in [3.8, 4) is 0 Å². The fraction of sp³-hybridized carbons (Fsp3) is 0.500. The third kappa shape index (κ3) is 5.27. The van der Waals surface area contributed by atoms with Crippen LogP contribution in [-0.4, -0.2) is 37.4 Å². The number of anilines is 1. The number of esters is 1. The number of benzene rings is 1. The molecule has 0 saturated heterocycles. The van der Waals surface area contributed by atoms with Crippen LogP contribution >= 0.6 is 11.3 Å². The van der Waals surface area contributed by atoms with E-state index in [9.17, 15) is 31.2 Å². The summed E-state index contributed by atoms with van der Waals surface area (Å²) in [7, 11) is -5.48. The zero-order chi connectivity index (χ0) is 25.1. The van der Waals surface area contributed by atoms with Gasteiger partial charge >= 0.3 is 11.5 Å². The molecular weight excluding hydrogens is 493 g/mol. The summed E-state index contributed by atoms with van der Waals surface area (Å²) in [4.78, 5) is 28.5. The molecule has 186 valence electrons. The molecule has 1 N–H and O–H groups in total. The maximum absolute atomic E-state index is 13.5. The summed E-state index contributed by atoms with van der Waals surface area (Å²) >= 11 is 1.15. The van der Waals surface area contributed by atoms with Gasteiger partial charge in [-0.25, -0.2) is 13.4 Å². The highest BCUT2D eigenvalue weighted by Gasteiger charge is 2.48. The van der Waals surface area contributed by atoms with Gasteiger partial charge in [-0.2, -0.15) is 13.2 Å². The van der Waals surface area contributed by atoms with E-state index < -0.39 is 37.5 Å². The lowest BCUT2D eigenvalue weighted by Gasteiger charge is -2.34.